The minimum atomic E-state index is -5.17. The molecular weight excluding hydrogens is 448 g/mol. The van der Waals surface area contributed by atoms with Gasteiger partial charge in [-0.1, -0.05) is 5.16 Å². The number of hydrogen-bond acceptors (Lipinski definition) is 12. The van der Waals surface area contributed by atoms with Crippen molar-refractivity contribution in [3.63, 3.8) is 0 Å². The molecule has 3 heterocycles. The highest BCUT2D eigenvalue weighted by Gasteiger charge is 2.62. The van der Waals surface area contributed by atoms with Crippen LogP contribution in [0.3, 0.4) is 0 Å². The third-order valence-electron chi connectivity index (χ3n) is 4.04. The first-order chi connectivity index (χ1) is 14.0. The number of nitrogens with two attached hydrogens (primary N) is 1. The van der Waals surface area contributed by atoms with Crippen LogP contribution in [0, 0.1) is 0 Å². The van der Waals surface area contributed by atoms with Crippen molar-refractivity contribution in [3.05, 3.63) is 11.1 Å². The maximum Gasteiger partial charge on any atom is 0.419 e. The number of anilines is 1. The van der Waals surface area contributed by atoms with Crippen molar-refractivity contribution in [1.82, 2.24) is 19.5 Å². The number of hydrogen-bond donors (Lipinski definition) is 3. The van der Waals surface area contributed by atoms with Crippen molar-refractivity contribution < 1.29 is 41.7 Å². The molecule has 1 aromatic heterocycles. The smallest absolute Gasteiger partial charge is 0.419 e. The fourth-order valence-corrected chi connectivity index (χ4v) is 4.15. The van der Waals surface area contributed by atoms with Crippen LogP contribution in [0.4, 0.5) is 9.93 Å². The van der Waals surface area contributed by atoms with E-state index in [0.717, 1.165) is 18.4 Å². The Morgan fingerprint density at radius 3 is 2.53 bits per heavy atom. The van der Waals surface area contributed by atoms with Gasteiger partial charge < -0.3 is 20.6 Å². The Morgan fingerprint density at radius 2 is 2.07 bits per heavy atom. The average molecular weight is 462 g/mol. The Bertz CT molecular complexity index is 1070. The Morgan fingerprint density at radius 1 is 1.40 bits per heavy atom. The van der Waals surface area contributed by atoms with Gasteiger partial charge in [0.15, 0.2) is 29.2 Å². The lowest BCUT2D eigenvalue weighted by Crippen LogP contribution is -2.77. The summed E-state index contributed by atoms with van der Waals surface area (Å²) in [6.45, 7) is 1.22. The van der Waals surface area contributed by atoms with Gasteiger partial charge in [-0.15, -0.1) is 11.3 Å². The number of oxime groups is 1. The summed E-state index contributed by atoms with van der Waals surface area (Å²) in [7, 11) is -4.03. The first-order valence-corrected chi connectivity index (χ1v) is 10.2. The lowest BCUT2D eigenvalue weighted by molar-refractivity contribution is -0.155. The summed E-state index contributed by atoms with van der Waals surface area (Å²) < 4.78 is 37.0. The van der Waals surface area contributed by atoms with Gasteiger partial charge in [-0.3, -0.25) is 18.9 Å². The number of cyclic esters (lactones) is 1. The summed E-state index contributed by atoms with van der Waals surface area (Å²) in [5, 5.41) is 7.14. The molecule has 0 spiro atoms. The van der Waals surface area contributed by atoms with Gasteiger partial charge in [0, 0.05) is 5.38 Å². The van der Waals surface area contributed by atoms with E-state index < -0.39 is 58.1 Å². The summed E-state index contributed by atoms with van der Waals surface area (Å²) >= 11 is 0.989. The van der Waals surface area contributed by atoms with Crippen LogP contribution in [0.1, 0.15) is 12.6 Å². The summed E-state index contributed by atoms with van der Waals surface area (Å²) in [6, 6.07) is -1.72. The maximum absolute atomic E-state index is 12.6. The number of rotatable bonds is 6. The molecule has 0 bridgehead atoms. The highest BCUT2D eigenvalue weighted by atomic mass is 32.2. The highest BCUT2D eigenvalue weighted by molar-refractivity contribution is 7.84. The van der Waals surface area contributed by atoms with Gasteiger partial charge in [-0.05, 0) is 6.92 Å². The van der Waals surface area contributed by atoms with E-state index >= 15 is 0 Å². The van der Waals surface area contributed by atoms with Crippen molar-refractivity contribution in [2.75, 3.05) is 12.8 Å². The average Bonchev–Trinajstić information content (AvgIpc) is 3.17. The Kier molecular flexibility index (Phi) is 5.35. The van der Waals surface area contributed by atoms with Gasteiger partial charge in [-0.25, -0.2) is 14.7 Å². The molecule has 0 aromatic carbocycles. The zero-order valence-corrected chi connectivity index (χ0v) is 16.8. The van der Waals surface area contributed by atoms with E-state index in [4.69, 9.17) is 10.5 Å². The lowest BCUT2D eigenvalue weighted by atomic mass is 10.0. The van der Waals surface area contributed by atoms with E-state index in [0.29, 0.717) is 4.90 Å². The Labute approximate surface area is 172 Å². The van der Waals surface area contributed by atoms with Crippen LogP contribution in [0.25, 0.3) is 0 Å². The predicted octanol–water partition coefficient (Wildman–Crippen LogP) is -2.10. The van der Waals surface area contributed by atoms with Gasteiger partial charge >= 0.3 is 16.4 Å². The number of nitrogens with one attached hydrogen (secondary N) is 1. The molecule has 3 rings (SSSR count). The van der Waals surface area contributed by atoms with Crippen LogP contribution in [0.15, 0.2) is 10.5 Å². The molecule has 2 fully saturated rings. The number of nitrogen functional groups attached to an aromatic ring is 1. The number of amides is 4. The fourth-order valence-electron chi connectivity index (χ4n) is 2.77. The lowest BCUT2D eigenvalue weighted by Gasteiger charge is -2.46. The minimum Gasteiger partial charge on any atom is -0.436 e. The maximum atomic E-state index is 12.6. The molecule has 15 nitrogen and oxygen atoms in total. The number of aromatic nitrogens is 1. The standard InChI is InChI=1S/C13H14N6O9S2/c1-4-10(21)18(13(23)28-4)9-7(11(22)19(9)30(24,25)26)16-8(20)6(17-27-2)5-3-29-12(14)15-5/h3-4,7,9H,1-2H3,(H2,14,15)(H,16,20)(H,24,25,26)/b17-6-/t4?,7-,9-/m0/s1. The normalized spacial score (nSPS) is 24.6. The van der Waals surface area contributed by atoms with E-state index in [2.05, 4.69) is 20.3 Å². The van der Waals surface area contributed by atoms with Crippen LogP contribution >= 0.6 is 11.3 Å². The van der Waals surface area contributed by atoms with Crippen LogP contribution in [-0.4, -0.2) is 82.1 Å². The zero-order valence-electron chi connectivity index (χ0n) is 15.2. The largest absolute Gasteiger partial charge is 0.436 e. The minimum absolute atomic E-state index is 0.00270. The topological polar surface area (TPSA) is 211 Å². The van der Waals surface area contributed by atoms with Gasteiger partial charge in [0.25, 0.3) is 17.7 Å². The number of carbonyl (C=O) groups is 4. The van der Waals surface area contributed by atoms with Crippen LogP contribution in [0.5, 0.6) is 0 Å². The molecule has 2 aliphatic rings. The molecular formula is C13H14N6O9S2. The van der Waals surface area contributed by atoms with Crippen molar-refractivity contribution in [2.24, 2.45) is 5.16 Å². The van der Waals surface area contributed by atoms with Crippen LogP contribution in [0.2, 0.25) is 0 Å². The number of thiazole rings is 1. The van der Waals surface area contributed by atoms with E-state index in [1.807, 2.05) is 0 Å². The van der Waals surface area contributed by atoms with Gasteiger partial charge in [0.2, 0.25) is 0 Å². The number of β-lactam (4-membered cyclic amide) rings is 1. The molecule has 3 atom stereocenters. The highest BCUT2D eigenvalue weighted by Crippen LogP contribution is 2.31. The second-order valence-electron chi connectivity index (χ2n) is 5.90. The number of imide groups is 1. The van der Waals surface area contributed by atoms with Crippen molar-refractivity contribution in [3.8, 4) is 0 Å². The Hall–Kier alpha value is -3.31. The summed E-state index contributed by atoms with van der Waals surface area (Å²) in [5.41, 5.74) is 5.10. The van der Waals surface area contributed by atoms with Crippen molar-refractivity contribution in [2.45, 2.75) is 25.2 Å². The van der Waals surface area contributed by atoms with Crippen molar-refractivity contribution >= 4 is 56.3 Å². The van der Waals surface area contributed by atoms with E-state index in [9.17, 15) is 32.1 Å². The molecule has 2 aliphatic heterocycles. The van der Waals surface area contributed by atoms with Gasteiger partial charge in [0.05, 0.1) is 0 Å². The quantitative estimate of drug-likeness (QED) is 0.180. The zero-order chi connectivity index (χ0) is 22.4. The first kappa shape index (κ1) is 21.4. The van der Waals surface area contributed by atoms with E-state index in [1.54, 1.807) is 0 Å². The summed E-state index contributed by atoms with van der Waals surface area (Å²) in [6.07, 6.45) is -4.39. The molecule has 17 heteroatoms. The molecule has 4 amide bonds. The monoisotopic (exact) mass is 462 g/mol. The molecule has 162 valence electrons. The first-order valence-electron chi connectivity index (χ1n) is 7.95. The molecule has 0 radical (unpaired) electrons. The second-order valence-corrected chi connectivity index (χ2v) is 8.08. The molecule has 2 saturated heterocycles. The van der Waals surface area contributed by atoms with Gasteiger partial charge in [0.1, 0.15) is 12.8 Å². The molecule has 30 heavy (non-hydrogen) atoms. The molecule has 0 saturated carbocycles. The van der Waals surface area contributed by atoms with E-state index in [-0.39, 0.29) is 15.1 Å². The summed E-state index contributed by atoms with van der Waals surface area (Å²) in [5.74, 6) is -3.32. The van der Waals surface area contributed by atoms with Crippen molar-refractivity contribution in [1.29, 1.82) is 0 Å². The predicted molar refractivity (Wildman–Crippen MR) is 97.0 cm³/mol. The number of carbonyl (C=O) groups excluding carboxylic acids is 4. The molecule has 4 N–H and O–H groups in total. The number of nitrogens with zero attached hydrogens (tertiary/aromatic N) is 4. The van der Waals surface area contributed by atoms with Gasteiger partial charge in [-0.2, -0.15) is 12.7 Å². The molecule has 1 aromatic rings. The van der Waals surface area contributed by atoms with E-state index in [1.165, 1.54) is 12.3 Å². The second kappa shape index (κ2) is 7.50. The Balaban J connectivity index is 1.92. The summed E-state index contributed by atoms with van der Waals surface area (Å²) in [4.78, 5) is 57.9. The third kappa shape index (κ3) is 3.53. The van der Waals surface area contributed by atoms with Crippen LogP contribution in [-0.2, 0) is 34.3 Å². The molecule has 1 unspecified atom stereocenters. The SMILES string of the molecule is CO/N=C(\C(=O)N[C@@H]1C(=O)N(S(=O)(=O)O)[C@@H]1N1C(=O)OC(C)C1=O)c1csc(N)n1. The van der Waals surface area contributed by atoms with Crippen LogP contribution < -0.4 is 11.1 Å². The number of ether oxygens (including phenoxy) is 1. The fraction of sp³-hybridized carbons (Fsp3) is 0.385. The molecule has 0 aliphatic carbocycles. The third-order valence-corrected chi connectivity index (χ3v) is 5.61.